The normalized spacial score (nSPS) is 13.5. The first-order chi connectivity index (χ1) is 11.6. The molecule has 1 fully saturated rings. The molecule has 0 spiro atoms. The number of thiazole rings is 1. The number of halogens is 1. The first-order valence-electron chi connectivity index (χ1n) is 7.48. The number of nitrogens with one attached hydrogen (secondary N) is 2. The van der Waals surface area contributed by atoms with Crippen LogP contribution >= 0.6 is 23.1 Å². The second-order valence-corrected chi connectivity index (χ2v) is 7.30. The Morgan fingerprint density at radius 2 is 2.00 bits per heavy atom. The molecule has 0 saturated heterocycles. The van der Waals surface area contributed by atoms with Gasteiger partial charge in [-0.1, -0.05) is 0 Å². The Morgan fingerprint density at radius 3 is 2.71 bits per heavy atom. The van der Waals surface area contributed by atoms with Gasteiger partial charge in [-0.3, -0.25) is 9.59 Å². The summed E-state index contributed by atoms with van der Waals surface area (Å²) in [6.07, 6.45) is 1.92. The molecule has 2 aromatic rings. The molecular formula is C16H16FN3O2S2. The first kappa shape index (κ1) is 16.9. The van der Waals surface area contributed by atoms with Gasteiger partial charge in [-0.25, -0.2) is 9.37 Å². The van der Waals surface area contributed by atoms with E-state index >= 15 is 0 Å². The summed E-state index contributed by atoms with van der Waals surface area (Å²) >= 11 is 2.83. The summed E-state index contributed by atoms with van der Waals surface area (Å²) < 4.78 is 12.8. The van der Waals surface area contributed by atoms with Crippen molar-refractivity contribution in [1.29, 1.82) is 0 Å². The molecular weight excluding hydrogens is 349 g/mol. The van der Waals surface area contributed by atoms with Gasteiger partial charge in [0.05, 0.1) is 11.4 Å². The Kier molecular flexibility index (Phi) is 5.47. The predicted molar refractivity (Wildman–Crippen MR) is 94.7 cm³/mol. The highest BCUT2D eigenvalue weighted by Gasteiger charge is 2.30. The minimum Gasteiger partial charge on any atom is -0.325 e. The first-order valence-corrected chi connectivity index (χ1v) is 9.52. The second kappa shape index (κ2) is 7.76. The van der Waals surface area contributed by atoms with Crippen LogP contribution in [0.15, 0.2) is 29.6 Å². The third-order valence-electron chi connectivity index (χ3n) is 3.34. The third kappa shape index (κ3) is 5.04. The zero-order valence-electron chi connectivity index (χ0n) is 12.8. The van der Waals surface area contributed by atoms with Gasteiger partial charge >= 0.3 is 0 Å². The lowest BCUT2D eigenvalue weighted by atomic mass is 10.3. The van der Waals surface area contributed by atoms with E-state index in [-0.39, 0.29) is 29.3 Å². The summed E-state index contributed by atoms with van der Waals surface area (Å²) in [5.74, 6) is 0.578. The molecule has 0 aliphatic heterocycles. The van der Waals surface area contributed by atoms with Gasteiger partial charge in [-0.05, 0) is 37.1 Å². The molecule has 24 heavy (non-hydrogen) atoms. The highest BCUT2D eigenvalue weighted by molar-refractivity contribution is 7.99. The highest BCUT2D eigenvalue weighted by Crippen LogP contribution is 2.30. The number of benzene rings is 1. The summed E-state index contributed by atoms with van der Waals surface area (Å²) in [5.41, 5.74) is 1.41. The molecule has 5 nitrogen and oxygen atoms in total. The Hall–Kier alpha value is -1.93. The molecule has 0 atom stereocenters. The van der Waals surface area contributed by atoms with Gasteiger partial charge in [-0.2, -0.15) is 0 Å². The van der Waals surface area contributed by atoms with Crippen LogP contribution in [0.2, 0.25) is 0 Å². The molecule has 1 aliphatic carbocycles. The van der Waals surface area contributed by atoms with E-state index in [0.717, 1.165) is 18.5 Å². The van der Waals surface area contributed by atoms with Crippen LogP contribution in [-0.2, 0) is 15.3 Å². The maximum Gasteiger partial charge on any atom is 0.234 e. The topological polar surface area (TPSA) is 71.1 Å². The van der Waals surface area contributed by atoms with Crippen molar-refractivity contribution >= 4 is 45.7 Å². The van der Waals surface area contributed by atoms with Gasteiger partial charge in [-0.15, -0.1) is 23.1 Å². The van der Waals surface area contributed by atoms with Crippen molar-refractivity contribution in [3.63, 3.8) is 0 Å². The Bertz CT molecular complexity index is 729. The average Bonchev–Trinajstić information content (AvgIpc) is 3.32. The SMILES string of the molecule is O=C(CSCc1csc(NC(=O)C2CC2)n1)Nc1ccc(F)cc1. The molecule has 1 aromatic heterocycles. The van der Waals surface area contributed by atoms with E-state index in [1.54, 1.807) is 0 Å². The van der Waals surface area contributed by atoms with E-state index in [0.29, 0.717) is 16.6 Å². The molecule has 2 N–H and O–H groups in total. The number of hydrogen-bond acceptors (Lipinski definition) is 5. The van der Waals surface area contributed by atoms with Crippen LogP contribution in [0.4, 0.5) is 15.2 Å². The summed E-state index contributed by atoms with van der Waals surface area (Å²) in [6, 6.07) is 5.64. The monoisotopic (exact) mass is 365 g/mol. The van der Waals surface area contributed by atoms with Crippen molar-refractivity contribution < 1.29 is 14.0 Å². The van der Waals surface area contributed by atoms with Crippen molar-refractivity contribution in [3.05, 3.63) is 41.2 Å². The largest absolute Gasteiger partial charge is 0.325 e. The molecule has 1 aromatic carbocycles. The van der Waals surface area contributed by atoms with Gasteiger partial charge in [0.2, 0.25) is 11.8 Å². The molecule has 1 saturated carbocycles. The predicted octanol–water partition coefficient (Wildman–Crippen LogP) is 3.50. The van der Waals surface area contributed by atoms with Crippen molar-refractivity contribution in [1.82, 2.24) is 4.98 Å². The van der Waals surface area contributed by atoms with Crippen LogP contribution in [0.1, 0.15) is 18.5 Å². The summed E-state index contributed by atoms with van der Waals surface area (Å²) in [5, 5.41) is 8.01. The molecule has 3 rings (SSSR count). The van der Waals surface area contributed by atoms with Crippen LogP contribution in [0, 0.1) is 11.7 Å². The lowest BCUT2D eigenvalue weighted by Crippen LogP contribution is -2.14. The van der Waals surface area contributed by atoms with Gasteiger partial charge in [0.1, 0.15) is 5.82 Å². The van der Waals surface area contributed by atoms with Gasteiger partial charge < -0.3 is 10.6 Å². The smallest absolute Gasteiger partial charge is 0.234 e. The number of aromatic nitrogens is 1. The number of nitrogens with zero attached hydrogens (tertiary/aromatic N) is 1. The number of hydrogen-bond donors (Lipinski definition) is 2. The van der Waals surface area contributed by atoms with E-state index < -0.39 is 0 Å². The molecule has 0 radical (unpaired) electrons. The fourth-order valence-electron chi connectivity index (χ4n) is 1.96. The third-order valence-corrected chi connectivity index (χ3v) is 5.11. The number of carbonyl (C=O) groups excluding carboxylic acids is 2. The van der Waals surface area contributed by atoms with E-state index in [9.17, 15) is 14.0 Å². The Morgan fingerprint density at radius 1 is 1.25 bits per heavy atom. The molecule has 126 valence electrons. The average molecular weight is 365 g/mol. The van der Waals surface area contributed by atoms with Crippen LogP contribution in [0.5, 0.6) is 0 Å². The number of anilines is 2. The zero-order valence-corrected chi connectivity index (χ0v) is 14.4. The molecule has 1 aliphatic rings. The maximum atomic E-state index is 12.8. The van der Waals surface area contributed by atoms with E-state index in [4.69, 9.17) is 0 Å². The summed E-state index contributed by atoms with van der Waals surface area (Å²) in [7, 11) is 0. The van der Waals surface area contributed by atoms with Gasteiger partial charge in [0, 0.05) is 22.7 Å². The van der Waals surface area contributed by atoms with Gasteiger partial charge in [0.15, 0.2) is 5.13 Å². The van der Waals surface area contributed by atoms with Crippen molar-refractivity contribution in [3.8, 4) is 0 Å². The Labute approximate surface area is 147 Å². The molecule has 0 bridgehead atoms. The fourth-order valence-corrected chi connectivity index (χ4v) is 3.50. The van der Waals surface area contributed by atoms with Crippen LogP contribution in [0.25, 0.3) is 0 Å². The summed E-state index contributed by atoms with van der Waals surface area (Å²) in [4.78, 5) is 27.8. The van der Waals surface area contributed by atoms with Crippen molar-refractivity contribution in [2.24, 2.45) is 5.92 Å². The standard InChI is InChI=1S/C16H16FN3O2S2/c17-11-3-5-12(6-4-11)18-14(21)9-23-7-13-8-24-16(19-13)20-15(22)10-1-2-10/h3-6,8,10H,1-2,7,9H2,(H,18,21)(H,19,20,22). The number of carbonyl (C=O) groups is 2. The number of thioether (sulfide) groups is 1. The van der Waals surface area contributed by atoms with Crippen molar-refractivity contribution in [2.75, 3.05) is 16.4 Å². The van der Waals surface area contributed by atoms with Crippen LogP contribution in [0.3, 0.4) is 0 Å². The minimum absolute atomic E-state index is 0.0437. The Balaban J connectivity index is 1.39. The number of rotatable bonds is 7. The summed E-state index contributed by atoms with van der Waals surface area (Å²) in [6.45, 7) is 0. The maximum absolute atomic E-state index is 12.8. The molecule has 8 heteroatoms. The fraction of sp³-hybridized carbons (Fsp3) is 0.312. The van der Waals surface area contributed by atoms with Gasteiger partial charge in [0.25, 0.3) is 0 Å². The number of amides is 2. The van der Waals surface area contributed by atoms with E-state index in [1.165, 1.54) is 47.4 Å². The van der Waals surface area contributed by atoms with E-state index in [1.807, 2.05) is 5.38 Å². The second-order valence-electron chi connectivity index (χ2n) is 5.46. The van der Waals surface area contributed by atoms with E-state index in [2.05, 4.69) is 15.6 Å². The highest BCUT2D eigenvalue weighted by atomic mass is 32.2. The minimum atomic E-state index is -0.338. The quantitative estimate of drug-likeness (QED) is 0.788. The lowest BCUT2D eigenvalue weighted by Gasteiger charge is -2.04. The molecule has 2 amide bonds. The van der Waals surface area contributed by atoms with Crippen LogP contribution < -0.4 is 10.6 Å². The molecule has 0 unspecified atom stereocenters. The lowest BCUT2D eigenvalue weighted by molar-refractivity contribution is -0.117. The molecule has 1 heterocycles. The zero-order chi connectivity index (χ0) is 16.9. The van der Waals surface area contributed by atoms with Crippen LogP contribution in [-0.4, -0.2) is 22.6 Å². The van der Waals surface area contributed by atoms with Crippen molar-refractivity contribution in [2.45, 2.75) is 18.6 Å².